The minimum atomic E-state index is -0.128. The molecule has 0 unspecified atom stereocenters. The van der Waals surface area contributed by atoms with Crippen LogP contribution in [0.4, 0.5) is 0 Å². The second kappa shape index (κ2) is 10.8. The molecule has 2 aromatic carbocycles. The summed E-state index contributed by atoms with van der Waals surface area (Å²) in [6.07, 6.45) is 0.981. The highest BCUT2D eigenvalue weighted by atomic mass is 16.5. The molecule has 0 spiro atoms. The van der Waals surface area contributed by atoms with Gasteiger partial charge in [0, 0.05) is 19.6 Å². The van der Waals surface area contributed by atoms with E-state index in [0.717, 1.165) is 30.8 Å². The predicted molar refractivity (Wildman–Crippen MR) is 112 cm³/mol. The zero-order valence-electron chi connectivity index (χ0n) is 17.2. The molecule has 6 heteroatoms. The predicted octanol–water partition coefficient (Wildman–Crippen LogP) is 2.83. The zero-order valence-corrected chi connectivity index (χ0v) is 17.2. The molecule has 6 nitrogen and oxygen atoms in total. The van der Waals surface area contributed by atoms with Crippen molar-refractivity contribution >= 4 is 5.91 Å². The Bertz CT molecular complexity index is 755. The Hall–Kier alpha value is -2.57. The van der Waals surface area contributed by atoms with Crippen LogP contribution in [-0.2, 0) is 16.0 Å². The highest BCUT2D eigenvalue weighted by Crippen LogP contribution is 2.23. The van der Waals surface area contributed by atoms with Gasteiger partial charge in [-0.2, -0.15) is 0 Å². The van der Waals surface area contributed by atoms with Gasteiger partial charge in [0.1, 0.15) is 11.5 Å². The molecule has 1 amide bonds. The van der Waals surface area contributed by atoms with Gasteiger partial charge in [0.05, 0.1) is 26.4 Å². The van der Waals surface area contributed by atoms with Crippen LogP contribution in [0.5, 0.6) is 11.5 Å². The number of benzene rings is 2. The topological polar surface area (TPSA) is 60.0 Å². The molecule has 1 fully saturated rings. The van der Waals surface area contributed by atoms with Crippen LogP contribution in [0.25, 0.3) is 0 Å². The molecular weight excluding hydrogens is 368 g/mol. The summed E-state index contributed by atoms with van der Waals surface area (Å²) in [6, 6.07) is 15.9. The van der Waals surface area contributed by atoms with Crippen molar-refractivity contribution in [1.82, 2.24) is 10.2 Å². The summed E-state index contributed by atoms with van der Waals surface area (Å²) in [5.41, 5.74) is 2.39. The Balaban J connectivity index is 1.56. The van der Waals surface area contributed by atoms with Crippen LogP contribution in [0, 0.1) is 0 Å². The number of rotatable bonds is 9. The maximum Gasteiger partial charge on any atom is 0.258 e. The molecule has 1 aliphatic rings. The quantitative estimate of drug-likeness (QED) is 0.704. The van der Waals surface area contributed by atoms with Crippen molar-refractivity contribution in [3.8, 4) is 11.5 Å². The van der Waals surface area contributed by atoms with E-state index >= 15 is 0 Å². The van der Waals surface area contributed by atoms with Crippen LogP contribution >= 0.6 is 0 Å². The second-order valence-corrected chi connectivity index (χ2v) is 7.03. The van der Waals surface area contributed by atoms with Crippen LogP contribution in [0.3, 0.4) is 0 Å². The zero-order chi connectivity index (χ0) is 20.5. The van der Waals surface area contributed by atoms with Crippen molar-refractivity contribution in [1.29, 1.82) is 0 Å². The molecule has 0 aliphatic carbocycles. The third-order valence-corrected chi connectivity index (χ3v) is 5.18. The summed E-state index contributed by atoms with van der Waals surface area (Å²) < 4.78 is 16.4. The lowest BCUT2D eigenvalue weighted by Crippen LogP contribution is -2.44. The number of amides is 1. The first kappa shape index (κ1) is 21.1. The van der Waals surface area contributed by atoms with Gasteiger partial charge in [0.25, 0.3) is 5.91 Å². The third-order valence-electron chi connectivity index (χ3n) is 5.18. The Kier molecular flexibility index (Phi) is 7.90. The summed E-state index contributed by atoms with van der Waals surface area (Å²) >= 11 is 0. The number of ether oxygens (including phenoxy) is 3. The largest absolute Gasteiger partial charge is 0.497 e. The number of nitrogens with one attached hydrogen (secondary N) is 1. The van der Waals surface area contributed by atoms with Gasteiger partial charge in [-0.15, -0.1) is 0 Å². The van der Waals surface area contributed by atoms with Crippen molar-refractivity contribution in [3.05, 3.63) is 59.7 Å². The number of aryl methyl sites for hydroxylation is 1. The van der Waals surface area contributed by atoms with Crippen LogP contribution in [0.2, 0.25) is 0 Å². The summed E-state index contributed by atoms with van der Waals surface area (Å²) in [5.74, 6) is 1.40. The van der Waals surface area contributed by atoms with Gasteiger partial charge >= 0.3 is 0 Å². The Morgan fingerprint density at radius 3 is 2.34 bits per heavy atom. The smallest absolute Gasteiger partial charge is 0.258 e. The van der Waals surface area contributed by atoms with E-state index in [2.05, 4.69) is 29.3 Å². The van der Waals surface area contributed by atoms with Crippen molar-refractivity contribution in [2.24, 2.45) is 0 Å². The van der Waals surface area contributed by atoms with Gasteiger partial charge in [-0.3, -0.25) is 9.69 Å². The third kappa shape index (κ3) is 6.21. The van der Waals surface area contributed by atoms with E-state index < -0.39 is 0 Å². The summed E-state index contributed by atoms with van der Waals surface area (Å²) in [6.45, 7) is 5.72. The van der Waals surface area contributed by atoms with Crippen molar-refractivity contribution in [2.75, 3.05) is 46.6 Å². The number of carbonyl (C=O) groups excluding carboxylic acids is 1. The van der Waals surface area contributed by atoms with Gasteiger partial charge in [0.15, 0.2) is 6.61 Å². The number of methoxy groups -OCH3 is 1. The van der Waals surface area contributed by atoms with Crippen LogP contribution in [-0.4, -0.2) is 57.4 Å². The molecule has 29 heavy (non-hydrogen) atoms. The molecule has 0 saturated carbocycles. The Morgan fingerprint density at radius 1 is 1.07 bits per heavy atom. The lowest BCUT2D eigenvalue weighted by Gasteiger charge is -2.35. The normalized spacial score (nSPS) is 15.5. The number of hydrogen-bond donors (Lipinski definition) is 1. The highest BCUT2D eigenvalue weighted by molar-refractivity contribution is 5.77. The minimum Gasteiger partial charge on any atom is -0.497 e. The van der Waals surface area contributed by atoms with Crippen LogP contribution in [0.1, 0.15) is 24.1 Å². The van der Waals surface area contributed by atoms with Gasteiger partial charge < -0.3 is 19.5 Å². The fourth-order valence-electron chi connectivity index (χ4n) is 3.40. The van der Waals surface area contributed by atoms with Crippen molar-refractivity contribution < 1.29 is 19.0 Å². The first-order valence-corrected chi connectivity index (χ1v) is 10.1. The van der Waals surface area contributed by atoms with Crippen LogP contribution < -0.4 is 14.8 Å². The first-order valence-electron chi connectivity index (χ1n) is 10.1. The maximum atomic E-state index is 12.4. The minimum absolute atomic E-state index is 0.00388. The Morgan fingerprint density at radius 2 is 1.72 bits per heavy atom. The lowest BCUT2D eigenvalue weighted by atomic mass is 10.0. The molecule has 1 atom stereocenters. The molecule has 1 saturated heterocycles. The fraction of sp³-hybridized carbons (Fsp3) is 0.435. The molecule has 1 aliphatic heterocycles. The number of morpholine rings is 1. The standard InChI is InChI=1S/C23H30N2O4/c1-3-18-4-8-21(9-5-18)29-17-23(26)24-16-22(25-12-14-28-15-13-25)19-6-10-20(27-2)11-7-19/h4-11,22H,3,12-17H2,1-2H3,(H,24,26)/t22-/m0/s1. The summed E-state index contributed by atoms with van der Waals surface area (Å²) in [4.78, 5) is 14.7. The van der Waals surface area contributed by atoms with Gasteiger partial charge in [0.2, 0.25) is 0 Å². The van der Waals surface area contributed by atoms with Crippen LogP contribution in [0.15, 0.2) is 48.5 Å². The van der Waals surface area contributed by atoms with E-state index in [4.69, 9.17) is 14.2 Å². The average Bonchev–Trinajstić information content (AvgIpc) is 2.79. The monoisotopic (exact) mass is 398 g/mol. The molecule has 1 heterocycles. The van der Waals surface area contributed by atoms with E-state index in [-0.39, 0.29) is 18.6 Å². The van der Waals surface area contributed by atoms with E-state index in [0.29, 0.717) is 25.5 Å². The molecule has 2 aromatic rings. The molecule has 0 radical (unpaired) electrons. The van der Waals surface area contributed by atoms with E-state index in [1.807, 2.05) is 36.4 Å². The molecule has 3 rings (SSSR count). The molecule has 156 valence electrons. The lowest BCUT2D eigenvalue weighted by molar-refractivity contribution is -0.123. The first-order chi connectivity index (χ1) is 14.2. The highest BCUT2D eigenvalue weighted by Gasteiger charge is 2.23. The summed E-state index contributed by atoms with van der Waals surface area (Å²) in [7, 11) is 1.66. The summed E-state index contributed by atoms with van der Waals surface area (Å²) in [5, 5.41) is 3.02. The molecule has 0 aromatic heterocycles. The van der Waals surface area contributed by atoms with Crippen molar-refractivity contribution in [3.63, 3.8) is 0 Å². The van der Waals surface area contributed by atoms with Gasteiger partial charge in [-0.25, -0.2) is 0 Å². The molecule has 0 bridgehead atoms. The number of nitrogens with zero attached hydrogens (tertiary/aromatic N) is 1. The SMILES string of the molecule is CCc1ccc(OCC(=O)NC[C@@H](c2ccc(OC)cc2)N2CCOCC2)cc1. The van der Waals surface area contributed by atoms with E-state index in [1.54, 1.807) is 7.11 Å². The second-order valence-electron chi connectivity index (χ2n) is 7.03. The van der Waals surface area contributed by atoms with Crippen molar-refractivity contribution in [2.45, 2.75) is 19.4 Å². The average molecular weight is 399 g/mol. The Labute approximate surface area is 172 Å². The molecule has 1 N–H and O–H groups in total. The number of hydrogen-bond acceptors (Lipinski definition) is 5. The van der Waals surface area contributed by atoms with E-state index in [1.165, 1.54) is 5.56 Å². The maximum absolute atomic E-state index is 12.4. The van der Waals surface area contributed by atoms with E-state index in [9.17, 15) is 4.79 Å². The number of carbonyl (C=O) groups is 1. The molecular formula is C23H30N2O4. The van der Waals surface area contributed by atoms with Gasteiger partial charge in [-0.1, -0.05) is 31.2 Å². The fourth-order valence-corrected chi connectivity index (χ4v) is 3.40. The van der Waals surface area contributed by atoms with Gasteiger partial charge in [-0.05, 0) is 41.8 Å².